The highest BCUT2D eigenvalue weighted by Crippen LogP contribution is 2.42. The topological polar surface area (TPSA) is 51.2 Å². The van der Waals surface area contributed by atoms with Gasteiger partial charge in [-0.1, -0.05) is 18.2 Å². The first-order chi connectivity index (χ1) is 11.7. The van der Waals surface area contributed by atoms with Crippen LogP contribution in [0.2, 0.25) is 0 Å². The van der Waals surface area contributed by atoms with Crippen molar-refractivity contribution in [3.05, 3.63) is 70.9 Å². The third-order valence-corrected chi connectivity index (χ3v) is 5.29. The van der Waals surface area contributed by atoms with Crippen LogP contribution in [0, 0.1) is 0 Å². The molecule has 0 fully saturated rings. The van der Waals surface area contributed by atoms with Crippen molar-refractivity contribution < 1.29 is 9.53 Å². The molecule has 0 radical (unpaired) electrons. The van der Waals surface area contributed by atoms with Gasteiger partial charge in [0.05, 0.1) is 10.9 Å². The number of carbonyl (C=O) groups excluding carboxylic acids is 1. The first kappa shape index (κ1) is 14.9. The first-order valence-corrected chi connectivity index (χ1v) is 8.60. The lowest BCUT2D eigenvalue weighted by molar-refractivity contribution is 0.0944. The van der Waals surface area contributed by atoms with E-state index in [1.807, 2.05) is 49.4 Å². The van der Waals surface area contributed by atoms with Crippen LogP contribution in [0.3, 0.4) is 0 Å². The van der Waals surface area contributed by atoms with Crippen LogP contribution in [0.25, 0.3) is 10.4 Å². The summed E-state index contributed by atoms with van der Waals surface area (Å²) in [6.07, 6.45) is 3.50. The molecule has 0 aliphatic carbocycles. The highest BCUT2D eigenvalue weighted by Gasteiger charge is 2.23. The van der Waals surface area contributed by atoms with Gasteiger partial charge in [0.1, 0.15) is 12.4 Å². The zero-order chi connectivity index (χ0) is 16.5. The van der Waals surface area contributed by atoms with Crippen LogP contribution < -0.4 is 10.1 Å². The number of fused-ring (bicyclic) bond motifs is 3. The summed E-state index contributed by atoms with van der Waals surface area (Å²) in [4.78, 5) is 18.5. The fourth-order valence-electron chi connectivity index (χ4n) is 2.79. The predicted molar refractivity (Wildman–Crippen MR) is 94.2 cm³/mol. The molecule has 3 heterocycles. The van der Waals surface area contributed by atoms with Gasteiger partial charge in [0.2, 0.25) is 0 Å². The summed E-state index contributed by atoms with van der Waals surface area (Å²) in [6.45, 7) is 2.47. The number of carbonyl (C=O) groups is 1. The molecule has 0 saturated carbocycles. The smallest absolute Gasteiger partial charge is 0.261 e. The van der Waals surface area contributed by atoms with E-state index in [0.717, 1.165) is 27.3 Å². The number of hydrogen-bond donors (Lipinski definition) is 1. The standard InChI is InChI=1S/C19H16N2O2S/c1-12(13-5-4-8-20-10-13)21-19(22)17-9-14-11-23-16-7-3-2-6-15(16)18(14)24-17/h2-10,12H,11H2,1H3,(H,21,22). The second-order valence-electron chi connectivity index (χ2n) is 5.73. The van der Waals surface area contributed by atoms with E-state index in [1.165, 1.54) is 11.3 Å². The Bertz CT molecular complexity index is 889. The number of nitrogens with zero attached hydrogens (tertiary/aromatic N) is 1. The summed E-state index contributed by atoms with van der Waals surface area (Å²) in [7, 11) is 0. The Morgan fingerprint density at radius 2 is 2.17 bits per heavy atom. The Labute approximate surface area is 144 Å². The molecule has 5 heteroatoms. The van der Waals surface area contributed by atoms with Crippen molar-refractivity contribution in [1.29, 1.82) is 0 Å². The number of hydrogen-bond acceptors (Lipinski definition) is 4. The number of aromatic nitrogens is 1. The molecule has 0 bridgehead atoms. The van der Waals surface area contributed by atoms with E-state index < -0.39 is 0 Å². The van der Waals surface area contributed by atoms with E-state index >= 15 is 0 Å². The molecule has 1 unspecified atom stereocenters. The van der Waals surface area contributed by atoms with E-state index in [-0.39, 0.29) is 11.9 Å². The molecule has 1 N–H and O–H groups in total. The number of amides is 1. The van der Waals surface area contributed by atoms with Crippen molar-refractivity contribution in [2.24, 2.45) is 0 Å². The fraction of sp³-hybridized carbons (Fsp3) is 0.158. The van der Waals surface area contributed by atoms with Gasteiger partial charge >= 0.3 is 0 Å². The average Bonchev–Trinajstić information content (AvgIpc) is 3.07. The molecule has 1 atom stereocenters. The molecule has 2 aromatic heterocycles. The van der Waals surface area contributed by atoms with Gasteiger partial charge in [0.25, 0.3) is 5.91 Å². The predicted octanol–water partition coefficient (Wildman–Crippen LogP) is 4.19. The van der Waals surface area contributed by atoms with Crippen LogP contribution in [0.15, 0.2) is 54.9 Å². The molecule has 120 valence electrons. The molecule has 1 amide bonds. The van der Waals surface area contributed by atoms with Crippen molar-refractivity contribution in [3.8, 4) is 16.2 Å². The van der Waals surface area contributed by atoms with Crippen LogP contribution in [-0.4, -0.2) is 10.9 Å². The zero-order valence-electron chi connectivity index (χ0n) is 13.2. The van der Waals surface area contributed by atoms with Gasteiger partial charge in [-0.25, -0.2) is 0 Å². The summed E-state index contributed by atoms with van der Waals surface area (Å²) in [5.41, 5.74) is 3.11. The number of nitrogens with one attached hydrogen (secondary N) is 1. The summed E-state index contributed by atoms with van der Waals surface area (Å²) < 4.78 is 5.76. The second kappa shape index (κ2) is 6.09. The van der Waals surface area contributed by atoms with E-state index in [1.54, 1.807) is 12.4 Å². The van der Waals surface area contributed by atoms with Crippen molar-refractivity contribution >= 4 is 17.2 Å². The largest absolute Gasteiger partial charge is 0.488 e. The number of para-hydroxylation sites is 1. The second-order valence-corrected chi connectivity index (χ2v) is 6.78. The highest BCUT2D eigenvalue weighted by molar-refractivity contribution is 7.17. The van der Waals surface area contributed by atoms with Crippen LogP contribution in [-0.2, 0) is 6.61 Å². The third kappa shape index (κ3) is 2.67. The molecule has 1 aromatic carbocycles. The van der Waals surface area contributed by atoms with Crippen molar-refractivity contribution in [1.82, 2.24) is 10.3 Å². The van der Waals surface area contributed by atoms with Gasteiger partial charge in [-0.2, -0.15) is 0 Å². The third-order valence-electron chi connectivity index (χ3n) is 4.08. The summed E-state index contributed by atoms with van der Waals surface area (Å²) >= 11 is 1.52. The molecular formula is C19H16N2O2S. The number of thiophene rings is 1. The van der Waals surface area contributed by atoms with E-state index in [9.17, 15) is 4.79 Å². The first-order valence-electron chi connectivity index (χ1n) is 7.78. The molecule has 1 aliphatic heterocycles. The SMILES string of the molecule is CC(NC(=O)c1cc2c(s1)-c1ccccc1OC2)c1cccnc1. The Morgan fingerprint density at radius 1 is 1.29 bits per heavy atom. The van der Waals surface area contributed by atoms with E-state index in [4.69, 9.17) is 4.74 Å². The maximum Gasteiger partial charge on any atom is 0.261 e. The Kier molecular flexibility index (Phi) is 3.78. The van der Waals surface area contributed by atoms with Gasteiger partial charge in [-0.15, -0.1) is 11.3 Å². The average molecular weight is 336 g/mol. The van der Waals surface area contributed by atoms with Gasteiger partial charge < -0.3 is 10.1 Å². The number of pyridine rings is 1. The molecule has 0 saturated heterocycles. The Hall–Kier alpha value is -2.66. The van der Waals surface area contributed by atoms with Crippen LogP contribution >= 0.6 is 11.3 Å². The zero-order valence-corrected chi connectivity index (χ0v) is 14.0. The Morgan fingerprint density at radius 3 is 3.00 bits per heavy atom. The lowest BCUT2D eigenvalue weighted by atomic mass is 10.1. The maximum absolute atomic E-state index is 12.6. The number of ether oxygens (including phenoxy) is 1. The lowest BCUT2D eigenvalue weighted by Crippen LogP contribution is -2.25. The molecule has 24 heavy (non-hydrogen) atoms. The van der Waals surface area contributed by atoms with Gasteiger partial charge in [-0.05, 0) is 36.8 Å². The Balaban J connectivity index is 1.58. The molecule has 4 rings (SSSR count). The minimum absolute atomic E-state index is 0.0664. The molecule has 3 aromatic rings. The summed E-state index contributed by atoms with van der Waals surface area (Å²) in [5, 5.41) is 3.04. The van der Waals surface area contributed by atoms with Gasteiger partial charge in [-0.3, -0.25) is 9.78 Å². The summed E-state index contributed by atoms with van der Waals surface area (Å²) in [6, 6.07) is 13.6. The molecule has 1 aliphatic rings. The maximum atomic E-state index is 12.6. The van der Waals surface area contributed by atoms with Crippen molar-refractivity contribution in [2.45, 2.75) is 19.6 Å². The quantitative estimate of drug-likeness (QED) is 0.780. The fourth-order valence-corrected chi connectivity index (χ4v) is 3.89. The van der Waals surface area contributed by atoms with Crippen molar-refractivity contribution in [3.63, 3.8) is 0 Å². The van der Waals surface area contributed by atoms with Crippen LogP contribution in [0.5, 0.6) is 5.75 Å². The molecular weight excluding hydrogens is 320 g/mol. The van der Waals surface area contributed by atoms with Gasteiger partial charge in [0, 0.05) is 28.4 Å². The summed E-state index contributed by atoms with van der Waals surface area (Å²) in [5.74, 6) is 0.811. The molecule has 4 nitrogen and oxygen atoms in total. The van der Waals surface area contributed by atoms with E-state index in [0.29, 0.717) is 11.5 Å². The van der Waals surface area contributed by atoms with Crippen LogP contribution in [0.1, 0.15) is 33.8 Å². The monoisotopic (exact) mass is 336 g/mol. The number of benzene rings is 1. The van der Waals surface area contributed by atoms with Crippen molar-refractivity contribution in [2.75, 3.05) is 0 Å². The molecule has 0 spiro atoms. The minimum Gasteiger partial charge on any atom is -0.488 e. The lowest BCUT2D eigenvalue weighted by Gasteiger charge is -2.16. The van der Waals surface area contributed by atoms with E-state index in [2.05, 4.69) is 10.3 Å². The number of rotatable bonds is 3. The highest BCUT2D eigenvalue weighted by atomic mass is 32.1. The van der Waals surface area contributed by atoms with Crippen LogP contribution in [0.4, 0.5) is 0 Å². The normalized spacial score (nSPS) is 13.4. The van der Waals surface area contributed by atoms with Gasteiger partial charge in [0.15, 0.2) is 0 Å². The minimum atomic E-state index is -0.0890.